The largest absolute Gasteiger partial charge is 3.00 e. The standard InChI is InChI=1S/3C14H26O5.Al/c3*1-9(2)18-14(13(5,6)7,19-10(3)4)11(15)8-12(16)17;/h3*9-10H,8H2,1-7H3,(H,16,17);/q;;;+3/p-3. The third-order valence-electron chi connectivity index (χ3n) is 7.39. The SMILES string of the molecule is CC(C)OC(OC(C)C)(C(=O)CC(=O)[O-])C(C)(C)C.CC(C)OC(OC(C)C)(C(=O)CC(=O)[O-])C(C)(C)C.CC(C)OC(OC(C)C)(C(=O)CC(=O)[O-])C(C)(C)C.[Al+3]. The van der Waals surface area contributed by atoms with Crippen molar-refractivity contribution in [1.82, 2.24) is 0 Å². The third-order valence-corrected chi connectivity index (χ3v) is 7.39. The summed E-state index contributed by atoms with van der Waals surface area (Å²) in [6, 6.07) is 0. The number of carbonyl (C=O) groups is 6. The minimum absolute atomic E-state index is 0. The molecule has 0 rings (SSSR count). The molecule has 0 atom stereocenters. The van der Waals surface area contributed by atoms with Gasteiger partial charge in [-0.2, -0.15) is 0 Å². The maximum absolute atomic E-state index is 12.3. The molecular weight excluding hydrogens is 771 g/mol. The molecule has 0 aliphatic heterocycles. The summed E-state index contributed by atoms with van der Waals surface area (Å²) in [5.74, 6) is -10.9. The van der Waals surface area contributed by atoms with E-state index in [2.05, 4.69) is 0 Å². The van der Waals surface area contributed by atoms with Crippen LogP contribution in [0.1, 0.15) is 165 Å². The molecule has 16 heteroatoms. The minimum Gasteiger partial charge on any atom is -0.550 e. The fraction of sp³-hybridized carbons (Fsp3) is 0.857. The van der Waals surface area contributed by atoms with Crippen LogP contribution in [0.5, 0.6) is 0 Å². The Morgan fingerprint density at radius 3 is 0.534 bits per heavy atom. The van der Waals surface area contributed by atoms with Crippen LogP contribution in [0.2, 0.25) is 0 Å². The second kappa shape index (κ2) is 25.5. The number of carboxylic acid groups (broad SMARTS) is 3. The smallest absolute Gasteiger partial charge is 0.550 e. The van der Waals surface area contributed by atoms with Gasteiger partial charge in [-0.25, -0.2) is 0 Å². The van der Waals surface area contributed by atoms with E-state index in [1.54, 1.807) is 145 Å². The van der Waals surface area contributed by atoms with E-state index in [0.717, 1.165) is 0 Å². The number of ether oxygens (including phenoxy) is 6. The molecule has 0 aliphatic carbocycles. The fourth-order valence-corrected chi connectivity index (χ4v) is 5.53. The summed E-state index contributed by atoms with van der Waals surface area (Å²) >= 11 is 0. The normalized spacial score (nSPS) is 12.9. The molecule has 0 aliphatic rings. The van der Waals surface area contributed by atoms with Crippen molar-refractivity contribution in [2.45, 2.75) is 219 Å². The maximum atomic E-state index is 12.3. The molecule has 58 heavy (non-hydrogen) atoms. The zero-order valence-electron chi connectivity index (χ0n) is 39.3. The molecule has 0 heterocycles. The number of aliphatic carboxylic acids is 3. The van der Waals surface area contributed by atoms with Crippen LogP contribution in [0.4, 0.5) is 0 Å². The molecule has 0 amide bonds. The molecule has 0 N–H and O–H groups in total. The van der Waals surface area contributed by atoms with Gasteiger partial charge in [-0.05, 0) is 83.1 Å². The zero-order valence-corrected chi connectivity index (χ0v) is 40.4. The van der Waals surface area contributed by atoms with Crippen molar-refractivity contribution >= 4 is 52.6 Å². The van der Waals surface area contributed by atoms with Gasteiger partial charge < -0.3 is 58.1 Å². The van der Waals surface area contributed by atoms with E-state index in [1.165, 1.54) is 0 Å². The van der Waals surface area contributed by atoms with Gasteiger partial charge in [0, 0.05) is 34.2 Å². The van der Waals surface area contributed by atoms with E-state index in [9.17, 15) is 44.1 Å². The van der Waals surface area contributed by atoms with E-state index in [1.807, 2.05) is 0 Å². The van der Waals surface area contributed by atoms with Crippen molar-refractivity contribution in [1.29, 1.82) is 0 Å². The van der Waals surface area contributed by atoms with E-state index in [4.69, 9.17) is 28.4 Å². The third kappa shape index (κ3) is 20.8. The van der Waals surface area contributed by atoms with Crippen LogP contribution in [0.25, 0.3) is 0 Å². The van der Waals surface area contributed by atoms with Crippen LogP contribution in [-0.2, 0) is 57.2 Å². The van der Waals surface area contributed by atoms with Crippen molar-refractivity contribution in [3.05, 3.63) is 0 Å². The van der Waals surface area contributed by atoms with Crippen LogP contribution in [0.15, 0.2) is 0 Å². The molecule has 0 unspecified atom stereocenters. The summed E-state index contributed by atoms with van der Waals surface area (Å²) in [4.78, 5) is 69.1. The maximum Gasteiger partial charge on any atom is 3.00 e. The number of rotatable bonds is 21. The Balaban J connectivity index is -0.000000374. The molecule has 0 fully saturated rings. The van der Waals surface area contributed by atoms with Crippen LogP contribution in [-0.4, -0.2) is 107 Å². The Bertz CT molecular complexity index is 1110. The number of carboxylic acids is 3. The molecule has 0 bridgehead atoms. The molecule has 0 saturated heterocycles. The summed E-state index contributed by atoms with van der Waals surface area (Å²) in [6.45, 7) is 37.3. The van der Waals surface area contributed by atoms with Crippen molar-refractivity contribution in [2.75, 3.05) is 0 Å². The van der Waals surface area contributed by atoms with Gasteiger partial charge >= 0.3 is 17.4 Å². The Morgan fingerprint density at radius 1 is 0.345 bits per heavy atom. The van der Waals surface area contributed by atoms with Crippen LogP contribution in [0, 0.1) is 16.2 Å². The predicted molar refractivity (Wildman–Crippen MR) is 214 cm³/mol. The van der Waals surface area contributed by atoms with Gasteiger partial charge in [-0.15, -0.1) is 0 Å². The van der Waals surface area contributed by atoms with Crippen LogP contribution in [0.3, 0.4) is 0 Å². The molecule has 0 radical (unpaired) electrons. The van der Waals surface area contributed by atoms with Gasteiger partial charge in [-0.1, -0.05) is 62.3 Å². The molecule has 0 spiro atoms. The number of carbonyl (C=O) groups excluding carboxylic acids is 6. The molecule has 15 nitrogen and oxygen atoms in total. The zero-order chi connectivity index (χ0) is 46.3. The second-order valence-electron chi connectivity index (χ2n) is 18.5. The van der Waals surface area contributed by atoms with Crippen LogP contribution < -0.4 is 15.3 Å². The molecule has 0 aromatic carbocycles. The second-order valence-corrected chi connectivity index (χ2v) is 18.5. The Hall–Kier alpha value is -2.29. The molecule has 336 valence electrons. The summed E-state index contributed by atoms with van der Waals surface area (Å²) in [6.07, 6.45) is -3.82. The minimum atomic E-state index is -1.59. The van der Waals surface area contributed by atoms with E-state index < -0.39 is 88.1 Å². The fourth-order valence-electron chi connectivity index (χ4n) is 5.53. The molecule has 0 aromatic rings. The van der Waals surface area contributed by atoms with E-state index >= 15 is 0 Å². The Labute approximate surface area is 359 Å². The van der Waals surface area contributed by atoms with Gasteiger partial charge in [0.1, 0.15) is 0 Å². The van der Waals surface area contributed by atoms with Gasteiger partial charge in [0.15, 0.2) is 17.3 Å². The van der Waals surface area contributed by atoms with Crippen molar-refractivity contribution in [3.8, 4) is 0 Å². The molecule has 0 saturated carbocycles. The first-order valence-corrected chi connectivity index (χ1v) is 19.5. The average molecular weight is 847 g/mol. The first-order valence-electron chi connectivity index (χ1n) is 19.5. The Morgan fingerprint density at radius 2 is 0.466 bits per heavy atom. The molecule has 0 aromatic heterocycles. The summed E-state index contributed by atoms with van der Waals surface area (Å²) < 4.78 is 34.3. The number of hydrogen-bond acceptors (Lipinski definition) is 15. The average Bonchev–Trinajstić information content (AvgIpc) is 2.92. The first-order chi connectivity index (χ1) is 25.3. The van der Waals surface area contributed by atoms with Crippen molar-refractivity contribution in [2.24, 2.45) is 16.2 Å². The van der Waals surface area contributed by atoms with E-state index in [-0.39, 0.29) is 54.0 Å². The number of ketones is 3. The van der Waals surface area contributed by atoms with Gasteiger partial charge in [0.2, 0.25) is 17.4 Å². The van der Waals surface area contributed by atoms with Crippen LogP contribution >= 0.6 is 0 Å². The summed E-state index contributed by atoms with van der Waals surface area (Å²) in [5.41, 5.74) is -2.10. The van der Waals surface area contributed by atoms with Crippen molar-refractivity contribution in [3.63, 3.8) is 0 Å². The first kappa shape index (κ1) is 62.4. The van der Waals surface area contributed by atoms with Gasteiger partial charge in [0.25, 0.3) is 0 Å². The molecular formula is C42H75AlO15. The van der Waals surface area contributed by atoms with Crippen molar-refractivity contribution < 1.29 is 72.5 Å². The number of hydrogen-bond donors (Lipinski definition) is 0. The Kier molecular flexibility index (Phi) is 27.4. The summed E-state index contributed by atoms with van der Waals surface area (Å²) in [7, 11) is 0. The summed E-state index contributed by atoms with van der Waals surface area (Å²) in [5, 5.41) is 32.1. The van der Waals surface area contributed by atoms with E-state index in [0.29, 0.717) is 0 Å². The number of Topliss-reactive ketones (excluding diaryl/α,β-unsaturated/α-hetero) is 3. The topological polar surface area (TPSA) is 227 Å². The van der Waals surface area contributed by atoms with Gasteiger partial charge in [-0.3, -0.25) is 14.4 Å². The monoisotopic (exact) mass is 846 g/mol. The quantitative estimate of drug-likeness (QED) is 0.0916. The van der Waals surface area contributed by atoms with Gasteiger partial charge in [0.05, 0.1) is 55.9 Å². The predicted octanol–water partition coefficient (Wildman–Crippen LogP) is 3.48.